The first kappa shape index (κ1) is 27.1. The molecule has 1 fully saturated rings. The van der Waals surface area contributed by atoms with Gasteiger partial charge in [0.25, 0.3) is 0 Å². The van der Waals surface area contributed by atoms with Crippen LogP contribution in [0.4, 0.5) is 4.39 Å². The van der Waals surface area contributed by atoms with Crippen molar-refractivity contribution in [3.05, 3.63) is 90.0 Å². The topological polar surface area (TPSA) is 126 Å². The van der Waals surface area contributed by atoms with Gasteiger partial charge in [0.2, 0.25) is 5.91 Å². The van der Waals surface area contributed by atoms with Crippen LogP contribution in [0.15, 0.2) is 72.9 Å². The zero-order valence-corrected chi connectivity index (χ0v) is 20.0. The highest BCUT2D eigenvalue weighted by Gasteiger charge is 2.24. The zero-order valence-electron chi connectivity index (χ0n) is 20.0. The van der Waals surface area contributed by atoms with Crippen molar-refractivity contribution in [2.24, 2.45) is 0 Å². The Morgan fingerprint density at radius 1 is 0.919 bits per heavy atom. The summed E-state index contributed by atoms with van der Waals surface area (Å²) < 4.78 is 25.0. The molecule has 1 amide bonds. The van der Waals surface area contributed by atoms with E-state index in [2.05, 4.69) is 4.98 Å². The molecule has 0 radical (unpaired) electrons. The minimum absolute atomic E-state index is 0.0814. The summed E-state index contributed by atoms with van der Waals surface area (Å²) in [5, 5.41) is 14.8. The summed E-state index contributed by atoms with van der Waals surface area (Å²) in [5.41, 5.74) is 1.58. The van der Waals surface area contributed by atoms with Gasteiger partial charge in [0.05, 0.1) is 6.42 Å². The average Bonchev–Trinajstić information content (AvgIpc) is 2.90. The number of piperidine rings is 1. The molecule has 1 aliphatic heterocycles. The molecule has 37 heavy (non-hydrogen) atoms. The van der Waals surface area contributed by atoms with Crippen LogP contribution in [0.1, 0.15) is 24.1 Å². The number of likely N-dealkylation sites (tertiary alicyclic amines) is 1. The van der Waals surface area contributed by atoms with E-state index in [9.17, 15) is 9.18 Å². The smallest absolute Gasteiger partial charge is 0.414 e. The molecular formula is C27H27FN2O7. The number of carbonyl (C=O) groups is 3. The number of amides is 1. The largest absolute Gasteiger partial charge is 0.490 e. The van der Waals surface area contributed by atoms with Crippen LogP contribution in [0.5, 0.6) is 11.5 Å². The van der Waals surface area contributed by atoms with Crippen molar-refractivity contribution in [1.29, 1.82) is 0 Å². The number of carbonyl (C=O) groups excluding carboxylic acids is 1. The summed E-state index contributed by atoms with van der Waals surface area (Å²) in [6.45, 7) is 1.68. The van der Waals surface area contributed by atoms with E-state index in [0.29, 0.717) is 31.9 Å². The second kappa shape index (κ2) is 13.6. The first-order valence-corrected chi connectivity index (χ1v) is 11.6. The van der Waals surface area contributed by atoms with Gasteiger partial charge in [-0.2, -0.15) is 0 Å². The Morgan fingerprint density at radius 2 is 1.59 bits per heavy atom. The van der Waals surface area contributed by atoms with Gasteiger partial charge in [-0.25, -0.2) is 14.0 Å². The van der Waals surface area contributed by atoms with Gasteiger partial charge in [-0.3, -0.25) is 9.78 Å². The number of hydrogen-bond acceptors (Lipinski definition) is 6. The number of ether oxygens (including phenoxy) is 2. The molecule has 1 aliphatic rings. The lowest BCUT2D eigenvalue weighted by Crippen LogP contribution is -2.42. The molecule has 1 saturated heterocycles. The fourth-order valence-corrected chi connectivity index (χ4v) is 3.59. The molecule has 9 nitrogen and oxygen atoms in total. The van der Waals surface area contributed by atoms with Gasteiger partial charge >= 0.3 is 11.9 Å². The Hall–Kier alpha value is -4.47. The summed E-state index contributed by atoms with van der Waals surface area (Å²) in [6, 6.07) is 19.4. The lowest BCUT2D eigenvalue weighted by atomic mass is 10.1. The molecule has 2 heterocycles. The molecule has 3 aromatic rings. The molecule has 2 aromatic carbocycles. The van der Waals surface area contributed by atoms with Crippen LogP contribution in [0.25, 0.3) is 0 Å². The SMILES string of the molecule is O=C(Cc1ccccn1)N1CCC(Oc2ccc(OCc3cccc(F)c3)cc2)CC1.O=C(O)C(=O)O. The van der Waals surface area contributed by atoms with Crippen molar-refractivity contribution in [1.82, 2.24) is 9.88 Å². The van der Waals surface area contributed by atoms with Crippen molar-refractivity contribution >= 4 is 17.8 Å². The number of aliphatic carboxylic acids is 2. The van der Waals surface area contributed by atoms with Crippen molar-refractivity contribution in [3.8, 4) is 11.5 Å². The van der Waals surface area contributed by atoms with Crippen LogP contribution in [0.2, 0.25) is 0 Å². The van der Waals surface area contributed by atoms with Crippen LogP contribution in [-0.4, -0.2) is 57.1 Å². The second-order valence-electron chi connectivity index (χ2n) is 8.20. The molecular weight excluding hydrogens is 483 g/mol. The summed E-state index contributed by atoms with van der Waals surface area (Å²) in [7, 11) is 0. The molecule has 1 aromatic heterocycles. The number of aromatic nitrogens is 1. The summed E-state index contributed by atoms with van der Waals surface area (Å²) in [4.78, 5) is 36.8. The Balaban J connectivity index is 0.000000568. The summed E-state index contributed by atoms with van der Waals surface area (Å²) in [5.74, 6) is -2.33. The fraction of sp³-hybridized carbons (Fsp3) is 0.259. The number of nitrogens with zero attached hydrogens (tertiary/aromatic N) is 2. The van der Waals surface area contributed by atoms with Crippen molar-refractivity contribution in [2.75, 3.05) is 13.1 Å². The maximum atomic E-state index is 13.2. The monoisotopic (exact) mass is 510 g/mol. The van der Waals surface area contributed by atoms with Gasteiger partial charge < -0.3 is 24.6 Å². The van der Waals surface area contributed by atoms with Gasteiger partial charge in [-0.05, 0) is 54.1 Å². The normalized spacial score (nSPS) is 13.2. The predicted molar refractivity (Wildman–Crippen MR) is 131 cm³/mol. The number of rotatable bonds is 7. The van der Waals surface area contributed by atoms with E-state index in [-0.39, 0.29) is 17.8 Å². The van der Waals surface area contributed by atoms with Crippen molar-refractivity contribution < 1.29 is 38.5 Å². The maximum Gasteiger partial charge on any atom is 0.414 e. The highest BCUT2D eigenvalue weighted by Crippen LogP contribution is 2.23. The first-order valence-electron chi connectivity index (χ1n) is 11.6. The Kier molecular flexibility index (Phi) is 9.95. The molecule has 0 spiro atoms. The fourth-order valence-electron chi connectivity index (χ4n) is 3.59. The van der Waals surface area contributed by atoms with Gasteiger partial charge in [0.15, 0.2) is 0 Å². The Bertz CT molecular complexity index is 1170. The van der Waals surface area contributed by atoms with E-state index in [1.807, 2.05) is 53.4 Å². The number of carboxylic acid groups (broad SMARTS) is 2. The van der Waals surface area contributed by atoms with Crippen LogP contribution in [0, 0.1) is 5.82 Å². The van der Waals surface area contributed by atoms with E-state index in [0.717, 1.165) is 29.8 Å². The van der Waals surface area contributed by atoms with Gasteiger partial charge in [-0.1, -0.05) is 18.2 Å². The number of hydrogen-bond donors (Lipinski definition) is 2. The Morgan fingerprint density at radius 3 is 2.19 bits per heavy atom. The Labute approximate surface area is 213 Å². The van der Waals surface area contributed by atoms with Gasteiger partial charge in [0, 0.05) is 37.8 Å². The van der Waals surface area contributed by atoms with E-state index >= 15 is 0 Å². The highest BCUT2D eigenvalue weighted by molar-refractivity contribution is 6.27. The van der Waals surface area contributed by atoms with Crippen LogP contribution < -0.4 is 9.47 Å². The molecule has 2 N–H and O–H groups in total. The third-order valence-corrected chi connectivity index (χ3v) is 5.46. The molecule has 0 aliphatic carbocycles. The highest BCUT2D eigenvalue weighted by atomic mass is 19.1. The van der Waals surface area contributed by atoms with E-state index in [1.165, 1.54) is 12.1 Å². The molecule has 10 heteroatoms. The number of pyridine rings is 1. The number of carboxylic acids is 2. The lowest BCUT2D eigenvalue weighted by Gasteiger charge is -2.32. The van der Waals surface area contributed by atoms with E-state index in [4.69, 9.17) is 29.3 Å². The summed E-state index contributed by atoms with van der Waals surface area (Å²) in [6.07, 6.45) is 3.72. The third kappa shape index (κ3) is 9.25. The molecule has 194 valence electrons. The number of benzene rings is 2. The van der Waals surface area contributed by atoms with Gasteiger partial charge in [-0.15, -0.1) is 0 Å². The average molecular weight is 511 g/mol. The maximum absolute atomic E-state index is 13.2. The molecule has 0 atom stereocenters. The molecule has 0 saturated carbocycles. The summed E-state index contributed by atoms with van der Waals surface area (Å²) >= 11 is 0. The molecule has 0 unspecified atom stereocenters. The van der Waals surface area contributed by atoms with E-state index < -0.39 is 11.9 Å². The minimum Gasteiger partial charge on any atom is -0.490 e. The zero-order chi connectivity index (χ0) is 26.6. The second-order valence-corrected chi connectivity index (χ2v) is 8.20. The lowest BCUT2D eigenvalue weighted by molar-refractivity contribution is -0.159. The minimum atomic E-state index is -1.82. The predicted octanol–water partition coefficient (Wildman–Crippen LogP) is 3.57. The van der Waals surface area contributed by atoms with Crippen molar-refractivity contribution in [3.63, 3.8) is 0 Å². The molecule has 0 bridgehead atoms. The van der Waals surface area contributed by atoms with Crippen LogP contribution >= 0.6 is 0 Å². The third-order valence-electron chi connectivity index (χ3n) is 5.46. The first-order chi connectivity index (χ1) is 17.8. The van der Waals surface area contributed by atoms with Gasteiger partial charge in [0.1, 0.15) is 30.0 Å². The number of halogens is 1. The van der Waals surface area contributed by atoms with Crippen molar-refractivity contribution in [2.45, 2.75) is 32.0 Å². The van der Waals surface area contributed by atoms with E-state index in [1.54, 1.807) is 12.3 Å². The molecule has 4 rings (SSSR count). The standard InChI is InChI=1S/C25H25FN2O3.C2H2O4/c26-20-5-3-4-19(16-20)18-30-22-7-9-23(10-8-22)31-24-11-14-28(15-12-24)25(29)17-21-6-1-2-13-27-21;3-1(4)2(5)6/h1-10,13,16,24H,11-12,14-15,17-18H2;(H,3,4)(H,5,6). The van der Waals surface area contributed by atoms with Crippen LogP contribution in [-0.2, 0) is 27.4 Å². The van der Waals surface area contributed by atoms with Crippen LogP contribution in [0.3, 0.4) is 0 Å². The quantitative estimate of drug-likeness (QED) is 0.462.